The lowest BCUT2D eigenvalue weighted by atomic mass is 10.0. The SMILES string of the molecule is C=CC(=O)OCC(O)COC(CN1C(=O)N(CC(O)COC(=O)C=C)C(C)(C)C1=O)CN1C(=O)N(CC(O)COC(=O)C=C)C(C)(C)C1=O. The monoisotopic (exact) mass is 696 g/mol. The molecule has 18 nitrogen and oxygen atoms in total. The summed E-state index contributed by atoms with van der Waals surface area (Å²) in [4.78, 5) is 91.9. The van der Waals surface area contributed by atoms with E-state index >= 15 is 0 Å². The Hall–Kier alpha value is -4.65. The second-order valence-electron chi connectivity index (χ2n) is 12.2. The number of imide groups is 2. The van der Waals surface area contributed by atoms with Crippen molar-refractivity contribution in [2.75, 3.05) is 52.6 Å². The average Bonchev–Trinajstić information content (AvgIpc) is 3.31. The highest BCUT2D eigenvalue weighted by Gasteiger charge is 2.54. The Balaban J connectivity index is 2.30. The number of rotatable bonds is 20. The first kappa shape index (κ1) is 40.5. The molecule has 3 atom stereocenters. The molecule has 0 aliphatic carbocycles. The lowest BCUT2D eigenvalue weighted by molar-refractivity contribution is -0.144. The summed E-state index contributed by atoms with van der Waals surface area (Å²) >= 11 is 0. The lowest BCUT2D eigenvalue weighted by Crippen LogP contribution is -2.48. The molecule has 0 aromatic heterocycles. The largest absolute Gasteiger partial charge is 0.460 e. The lowest BCUT2D eigenvalue weighted by Gasteiger charge is -2.29. The van der Waals surface area contributed by atoms with Gasteiger partial charge < -0.3 is 44.1 Å². The van der Waals surface area contributed by atoms with E-state index in [0.29, 0.717) is 0 Å². The Kier molecular flexibility index (Phi) is 14.2. The molecule has 0 aromatic carbocycles. The van der Waals surface area contributed by atoms with Crippen molar-refractivity contribution >= 4 is 41.8 Å². The first-order chi connectivity index (χ1) is 22.8. The highest BCUT2D eigenvalue weighted by atomic mass is 16.6. The molecule has 0 saturated carbocycles. The van der Waals surface area contributed by atoms with Crippen LogP contribution in [-0.2, 0) is 42.9 Å². The molecular weight excluding hydrogens is 652 g/mol. The number of carbonyl (C=O) groups is 7. The zero-order valence-electron chi connectivity index (χ0n) is 27.9. The Morgan fingerprint density at radius 2 is 0.939 bits per heavy atom. The number of amides is 6. The van der Waals surface area contributed by atoms with Crippen molar-refractivity contribution in [1.82, 2.24) is 19.6 Å². The predicted molar refractivity (Wildman–Crippen MR) is 167 cm³/mol. The number of hydrogen-bond acceptors (Lipinski definition) is 14. The normalized spacial score (nSPS) is 19.3. The van der Waals surface area contributed by atoms with Crippen LogP contribution in [0.1, 0.15) is 27.7 Å². The van der Waals surface area contributed by atoms with E-state index in [9.17, 15) is 48.9 Å². The minimum absolute atomic E-state index is 0.409. The van der Waals surface area contributed by atoms with Crippen LogP contribution < -0.4 is 0 Å². The maximum Gasteiger partial charge on any atom is 0.330 e. The van der Waals surface area contributed by atoms with Crippen LogP contribution in [0.25, 0.3) is 0 Å². The molecule has 18 heteroatoms. The minimum atomic E-state index is -1.49. The van der Waals surface area contributed by atoms with Crippen molar-refractivity contribution in [3.8, 4) is 0 Å². The second-order valence-corrected chi connectivity index (χ2v) is 12.2. The third-order valence-corrected chi connectivity index (χ3v) is 7.65. The van der Waals surface area contributed by atoms with E-state index in [1.54, 1.807) is 0 Å². The molecule has 0 aromatic rings. The fourth-order valence-electron chi connectivity index (χ4n) is 4.87. The zero-order valence-corrected chi connectivity index (χ0v) is 27.9. The van der Waals surface area contributed by atoms with Gasteiger partial charge in [-0.3, -0.25) is 19.4 Å². The van der Waals surface area contributed by atoms with Crippen LogP contribution in [0.4, 0.5) is 9.59 Å². The van der Waals surface area contributed by atoms with Gasteiger partial charge in [0.15, 0.2) is 0 Å². The topological polar surface area (TPSA) is 230 Å². The first-order valence-electron chi connectivity index (χ1n) is 15.1. The molecule has 0 bridgehead atoms. The smallest absolute Gasteiger partial charge is 0.330 e. The van der Waals surface area contributed by atoms with Gasteiger partial charge in [0, 0.05) is 18.2 Å². The molecule has 3 unspecified atom stereocenters. The standard InChI is InChI=1S/C31H44N4O14/c1-8-23(39)47-15-19(36)11-34-28(44)32(26(42)30(34,4)5)13-22(46-17-21(38)18-49-25(41)10-3)14-33-27(43)31(6,7)35(29(33)45)12-20(37)16-48-24(40)9-2/h8-10,19-22,36-38H,1-3,11-18H2,4-7H3. The number of aliphatic hydroxyl groups is 3. The number of aliphatic hydroxyl groups excluding tert-OH is 3. The van der Waals surface area contributed by atoms with Gasteiger partial charge in [-0.25, -0.2) is 24.0 Å². The Morgan fingerprint density at radius 3 is 1.27 bits per heavy atom. The van der Waals surface area contributed by atoms with Gasteiger partial charge in [-0.2, -0.15) is 0 Å². The van der Waals surface area contributed by atoms with E-state index in [1.165, 1.54) is 27.7 Å². The Labute approximate surface area is 283 Å². The molecule has 2 aliphatic rings. The molecule has 2 heterocycles. The molecule has 49 heavy (non-hydrogen) atoms. The summed E-state index contributed by atoms with van der Waals surface area (Å²) in [5.74, 6) is -3.86. The number of carbonyl (C=O) groups excluding carboxylic acids is 7. The minimum Gasteiger partial charge on any atom is -0.460 e. The summed E-state index contributed by atoms with van der Waals surface area (Å²) < 4.78 is 20.2. The van der Waals surface area contributed by atoms with Crippen LogP contribution in [0, 0.1) is 0 Å². The van der Waals surface area contributed by atoms with Gasteiger partial charge in [0.25, 0.3) is 11.8 Å². The molecule has 2 fully saturated rings. The van der Waals surface area contributed by atoms with Gasteiger partial charge in [0.1, 0.15) is 49.2 Å². The van der Waals surface area contributed by atoms with Crippen molar-refractivity contribution in [3.63, 3.8) is 0 Å². The maximum atomic E-state index is 13.5. The molecule has 2 aliphatic heterocycles. The molecular formula is C31H44N4O14. The summed E-state index contributed by atoms with van der Waals surface area (Å²) in [6.45, 7) is 11.6. The molecule has 2 rings (SSSR count). The van der Waals surface area contributed by atoms with Crippen LogP contribution in [0.3, 0.4) is 0 Å². The molecule has 272 valence electrons. The van der Waals surface area contributed by atoms with E-state index in [-0.39, 0.29) is 0 Å². The summed E-state index contributed by atoms with van der Waals surface area (Å²) in [7, 11) is 0. The van der Waals surface area contributed by atoms with Crippen molar-refractivity contribution in [3.05, 3.63) is 38.0 Å². The number of esters is 3. The van der Waals surface area contributed by atoms with Gasteiger partial charge in [0.05, 0.1) is 38.9 Å². The van der Waals surface area contributed by atoms with E-state index in [4.69, 9.17) is 18.9 Å². The number of ether oxygens (including phenoxy) is 4. The molecule has 0 radical (unpaired) electrons. The summed E-state index contributed by atoms with van der Waals surface area (Å²) in [5, 5.41) is 31.2. The van der Waals surface area contributed by atoms with Gasteiger partial charge in [0.2, 0.25) is 0 Å². The van der Waals surface area contributed by atoms with Crippen LogP contribution >= 0.6 is 0 Å². The van der Waals surface area contributed by atoms with E-state index in [2.05, 4.69) is 19.7 Å². The van der Waals surface area contributed by atoms with Gasteiger partial charge in [-0.15, -0.1) is 0 Å². The average molecular weight is 697 g/mol. The van der Waals surface area contributed by atoms with Crippen molar-refractivity contribution in [1.29, 1.82) is 0 Å². The molecule has 3 N–H and O–H groups in total. The number of hydrogen-bond donors (Lipinski definition) is 3. The van der Waals surface area contributed by atoms with E-state index in [1.807, 2.05) is 0 Å². The number of nitrogens with zero attached hydrogens (tertiary/aromatic N) is 4. The molecule has 6 amide bonds. The van der Waals surface area contributed by atoms with Crippen molar-refractivity contribution in [2.45, 2.75) is 63.2 Å². The van der Waals surface area contributed by atoms with Crippen molar-refractivity contribution in [2.24, 2.45) is 0 Å². The van der Waals surface area contributed by atoms with E-state index < -0.39 is 130 Å². The quantitative estimate of drug-likeness (QED) is 0.0584. The fraction of sp³-hybridized carbons (Fsp3) is 0.581. The van der Waals surface area contributed by atoms with Gasteiger partial charge in [-0.05, 0) is 27.7 Å². The number of β-amino-alcohol motifs (C(OH)–C–C–N with tert-alkyl or cyclic N) is 2. The second kappa shape index (κ2) is 17.1. The fourth-order valence-corrected chi connectivity index (χ4v) is 4.87. The maximum absolute atomic E-state index is 13.5. The highest BCUT2D eigenvalue weighted by Crippen LogP contribution is 2.31. The first-order valence-corrected chi connectivity index (χ1v) is 15.1. The summed E-state index contributed by atoms with van der Waals surface area (Å²) in [5.41, 5.74) is -2.99. The van der Waals surface area contributed by atoms with Gasteiger partial charge in [-0.1, -0.05) is 19.7 Å². The van der Waals surface area contributed by atoms with Crippen LogP contribution in [-0.4, -0.2) is 165 Å². The zero-order chi connectivity index (χ0) is 37.3. The van der Waals surface area contributed by atoms with Crippen molar-refractivity contribution < 1.29 is 67.8 Å². The molecule has 0 spiro atoms. The van der Waals surface area contributed by atoms with Crippen LogP contribution in [0.2, 0.25) is 0 Å². The summed E-state index contributed by atoms with van der Waals surface area (Å²) in [6, 6.07) is -1.73. The Morgan fingerprint density at radius 1 is 0.612 bits per heavy atom. The number of urea groups is 2. The third-order valence-electron chi connectivity index (χ3n) is 7.65. The molecule has 2 saturated heterocycles. The summed E-state index contributed by atoms with van der Waals surface area (Å²) in [6.07, 6.45) is -2.77. The Bertz CT molecular complexity index is 1250. The predicted octanol–water partition coefficient (Wildman–Crippen LogP) is -1.27. The van der Waals surface area contributed by atoms with Crippen LogP contribution in [0.5, 0.6) is 0 Å². The highest BCUT2D eigenvalue weighted by molar-refractivity contribution is 6.07. The van der Waals surface area contributed by atoms with Crippen LogP contribution in [0.15, 0.2) is 38.0 Å². The van der Waals surface area contributed by atoms with Gasteiger partial charge >= 0.3 is 30.0 Å². The van der Waals surface area contributed by atoms with E-state index in [0.717, 1.165) is 37.8 Å². The third kappa shape index (κ3) is 10.2.